The molecule has 0 atom stereocenters. The van der Waals surface area contributed by atoms with Gasteiger partial charge in [0.1, 0.15) is 16.6 Å². The molecule has 14 heteroatoms. The number of nitrogens with two attached hydrogens (primary N) is 2. The van der Waals surface area contributed by atoms with Crippen molar-refractivity contribution in [2.45, 2.75) is 37.2 Å². The molecule has 1 amide bonds. The molecule has 214 valence electrons. The van der Waals surface area contributed by atoms with Crippen molar-refractivity contribution in [1.29, 1.82) is 5.41 Å². The van der Waals surface area contributed by atoms with Crippen LogP contribution in [0, 0.1) is 5.41 Å². The molecular formula is C27H30N8O4S2. The van der Waals surface area contributed by atoms with Gasteiger partial charge in [0.2, 0.25) is 5.91 Å². The van der Waals surface area contributed by atoms with Gasteiger partial charge in [-0.1, -0.05) is 30.3 Å². The Morgan fingerprint density at radius 2 is 1.88 bits per heavy atom. The summed E-state index contributed by atoms with van der Waals surface area (Å²) in [5.41, 5.74) is 13.5. The molecule has 0 aliphatic heterocycles. The summed E-state index contributed by atoms with van der Waals surface area (Å²) >= 11 is 1.07. The fourth-order valence-electron chi connectivity index (χ4n) is 3.93. The molecule has 2 aromatic heterocycles. The Bertz CT molecular complexity index is 1730. The third-order valence-electron chi connectivity index (χ3n) is 5.80. The maximum atomic E-state index is 13.4. The van der Waals surface area contributed by atoms with Crippen molar-refractivity contribution in [1.82, 2.24) is 14.9 Å². The Hall–Kier alpha value is -4.69. The average Bonchev–Trinajstić information content (AvgIpc) is 3.46. The first kappa shape index (κ1) is 29.3. The molecule has 0 spiro atoms. The monoisotopic (exact) mass is 594 g/mol. The van der Waals surface area contributed by atoms with E-state index in [0.29, 0.717) is 11.1 Å². The van der Waals surface area contributed by atoms with E-state index in [4.69, 9.17) is 16.9 Å². The van der Waals surface area contributed by atoms with Gasteiger partial charge in [0.25, 0.3) is 15.6 Å². The summed E-state index contributed by atoms with van der Waals surface area (Å²) < 4.78 is 29.5. The Kier molecular flexibility index (Phi) is 8.74. The van der Waals surface area contributed by atoms with E-state index in [1.807, 2.05) is 13.8 Å². The third-order valence-corrected chi connectivity index (χ3v) is 8.58. The average molecular weight is 595 g/mol. The van der Waals surface area contributed by atoms with Crippen LogP contribution in [-0.2, 0) is 27.9 Å². The molecule has 2 aromatic carbocycles. The standard InChI is InChI=1S/C27H30N8O4S2/c1-16(2)33-26-27(37)35(15-23(36)31-13-17-5-7-18(8-6-17)25(29)30)22(14-32-26)19-10-20(28)12-21(11-19)34-41(38,39)24-4-3-9-40-24/h3-12,14,16,34H,13,15,28H2,1-2H3,(H3,29,30)(H,31,36)(H,32,33). The predicted molar refractivity (Wildman–Crippen MR) is 162 cm³/mol. The number of nitrogens with one attached hydrogen (secondary N) is 4. The van der Waals surface area contributed by atoms with Crippen molar-refractivity contribution in [3.63, 3.8) is 0 Å². The van der Waals surface area contributed by atoms with Crippen LogP contribution in [0.2, 0.25) is 0 Å². The van der Waals surface area contributed by atoms with E-state index in [9.17, 15) is 18.0 Å². The van der Waals surface area contributed by atoms with Gasteiger partial charge in [0, 0.05) is 29.4 Å². The van der Waals surface area contributed by atoms with Gasteiger partial charge >= 0.3 is 0 Å². The SMILES string of the molecule is CC(C)Nc1ncc(-c2cc(N)cc(NS(=O)(=O)c3cccs3)c2)n(CC(=O)NCc2ccc(C(=N)N)cc2)c1=O. The van der Waals surface area contributed by atoms with Crippen LogP contribution in [0.5, 0.6) is 0 Å². The van der Waals surface area contributed by atoms with Crippen LogP contribution >= 0.6 is 11.3 Å². The topological polar surface area (TPSA) is 198 Å². The summed E-state index contributed by atoms with van der Waals surface area (Å²) in [6.07, 6.45) is 1.44. The number of hydrogen-bond donors (Lipinski definition) is 6. The summed E-state index contributed by atoms with van der Waals surface area (Å²) in [6, 6.07) is 14.4. The lowest BCUT2D eigenvalue weighted by atomic mass is 10.1. The zero-order valence-corrected chi connectivity index (χ0v) is 24.0. The van der Waals surface area contributed by atoms with Gasteiger partial charge in [-0.25, -0.2) is 13.4 Å². The number of thiophene rings is 1. The number of amides is 1. The molecule has 4 rings (SSSR count). The van der Waals surface area contributed by atoms with E-state index >= 15 is 0 Å². The van der Waals surface area contributed by atoms with Gasteiger partial charge in [-0.2, -0.15) is 0 Å². The number of sulfonamides is 1. The highest BCUT2D eigenvalue weighted by molar-refractivity contribution is 7.94. The zero-order valence-electron chi connectivity index (χ0n) is 22.3. The van der Waals surface area contributed by atoms with Crippen molar-refractivity contribution in [2.24, 2.45) is 5.73 Å². The molecule has 8 N–H and O–H groups in total. The number of nitrogen functional groups attached to an aromatic ring is 2. The van der Waals surface area contributed by atoms with E-state index in [2.05, 4.69) is 20.3 Å². The Labute approximate surface area is 241 Å². The van der Waals surface area contributed by atoms with E-state index in [1.165, 1.54) is 29.0 Å². The maximum Gasteiger partial charge on any atom is 0.294 e. The fourth-order valence-corrected chi connectivity index (χ4v) is 5.96. The number of carbonyl (C=O) groups excluding carboxylic acids is 1. The predicted octanol–water partition coefficient (Wildman–Crippen LogP) is 2.78. The third kappa shape index (κ3) is 7.29. The molecule has 4 aromatic rings. The fraction of sp³-hybridized carbons (Fsp3) is 0.185. The lowest BCUT2D eigenvalue weighted by molar-refractivity contribution is -0.121. The smallest absolute Gasteiger partial charge is 0.294 e. The first-order valence-electron chi connectivity index (χ1n) is 12.5. The molecule has 12 nitrogen and oxygen atoms in total. The number of anilines is 3. The molecule has 0 bridgehead atoms. The molecule has 0 aliphatic carbocycles. The second kappa shape index (κ2) is 12.2. The Morgan fingerprint density at radius 1 is 1.15 bits per heavy atom. The van der Waals surface area contributed by atoms with Crippen LogP contribution in [0.1, 0.15) is 25.0 Å². The lowest BCUT2D eigenvalue weighted by Gasteiger charge is -2.17. The summed E-state index contributed by atoms with van der Waals surface area (Å²) in [6.45, 7) is 3.57. The minimum absolute atomic E-state index is 0.0555. The number of amidine groups is 1. The Balaban J connectivity index is 1.65. The van der Waals surface area contributed by atoms with E-state index in [-0.39, 0.29) is 52.1 Å². The molecule has 0 unspecified atom stereocenters. The van der Waals surface area contributed by atoms with Gasteiger partial charge < -0.3 is 22.1 Å². The number of benzene rings is 2. The minimum Gasteiger partial charge on any atom is -0.399 e. The summed E-state index contributed by atoms with van der Waals surface area (Å²) in [4.78, 5) is 30.7. The molecule has 0 saturated carbocycles. The van der Waals surface area contributed by atoms with E-state index in [1.54, 1.807) is 41.8 Å². The lowest BCUT2D eigenvalue weighted by Crippen LogP contribution is -2.35. The van der Waals surface area contributed by atoms with Gasteiger partial charge in [-0.15, -0.1) is 11.3 Å². The van der Waals surface area contributed by atoms with E-state index < -0.39 is 21.5 Å². The highest BCUT2D eigenvalue weighted by atomic mass is 32.2. The van der Waals surface area contributed by atoms with Crippen LogP contribution in [0.3, 0.4) is 0 Å². The van der Waals surface area contributed by atoms with Crippen LogP contribution in [0.25, 0.3) is 11.3 Å². The summed E-state index contributed by atoms with van der Waals surface area (Å²) in [7, 11) is -3.85. The zero-order chi connectivity index (χ0) is 29.7. The summed E-state index contributed by atoms with van der Waals surface area (Å²) in [5, 5.41) is 14.9. The van der Waals surface area contributed by atoms with Crippen LogP contribution in [-0.4, -0.2) is 35.8 Å². The van der Waals surface area contributed by atoms with Gasteiger partial charge in [0.05, 0.1) is 17.6 Å². The van der Waals surface area contributed by atoms with Crippen molar-refractivity contribution >= 4 is 50.3 Å². The van der Waals surface area contributed by atoms with Gasteiger partial charge in [-0.05, 0) is 49.1 Å². The first-order valence-corrected chi connectivity index (χ1v) is 14.8. The molecule has 0 radical (unpaired) electrons. The van der Waals surface area contributed by atoms with Crippen LogP contribution in [0.15, 0.2) is 75.2 Å². The van der Waals surface area contributed by atoms with Crippen molar-refractivity contribution in [3.8, 4) is 11.3 Å². The molecule has 41 heavy (non-hydrogen) atoms. The van der Waals surface area contributed by atoms with Crippen LogP contribution < -0.4 is 32.4 Å². The second-order valence-corrected chi connectivity index (χ2v) is 12.3. The van der Waals surface area contributed by atoms with Gasteiger partial charge in [-0.3, -0.25) is 24.3 Å². The number of hydrogen-bond acceptors (Lipinski definition) is 9. The van der Waals surface area contributed by atoms with Crippen molar-refractivity contribution < 1.29 is 13.2 Å². The van der Waals surface area contributed by atoms with Crippen molar-refractivity contribution in [3.05, 3.63) is 87.7 Å². The largest absolute Gasteiger partial charge is 0.399 e. The maximum absolute atomic E-state index is 13.4. The van der Waals surface area contributed by atoms with Crippen molar-refractivity contribution in [2.75, 3.05) is 15.8 Å². The highest BCUT2D eigenvalue weighted by Gasteiger charge is 2.19. The normalized spacial score (nSPS) is 11.3. The quantitative estimate of drug-likeness (QED) is 0.0865. The molecular weight excluding hydrogens is 564 g/mol. The number of nitrogens with zero attached hydrogens (tertiary/aromatic N) is 2. The number of aromatic nitrogens is 2. The minimum atomic E-state index is -3.85. The molecule has 0 saturated heterocycles. The highest BCUT2D eigenvalue weighted by Crippen LogP contribution is 2.28. The number of rotatable bonds is 11. The van der Waals surface area contributed by atoms with Crippen LogP contribution in [0.4, 0.5) is 17.2 Å². The molecule has 0 aliphatic rings. The molecule has 2 heterocycles. The number of carbonyl (C=O) groups is 1. The summed E-state index contributed by atoms with van der Waals surface area (Å²) in [5.74, 6) is -0.424. The van der Waals surface area contributed by atoms with E-state index in [0.717, 1.165) is 16.9 Å². The molecule has 0 fully saturated rings. The first-order chi connectivity index (χ1) is 19.4. The second-order valence-electron chi connectivity index (χ2n) is 9.45. The Morgan fingerprint density at radius 3 is 2.51 bits per heavy atom. The van der Waals surface area contributed by atoms with Gasteiger partial charge in [0.15, 0.2) is 5.82 Å².